The lowest BCUT2D eigenvalue weighted by molar-refractivity contribution is -0.144. The average Bonchev–Trinajstić information content (AvgIpc) is 2.56. The van der Waals surface area contributed by atoms with Gasteiger partial charge in [-0.1, -0.05) is 12.1 Å². The van der Waals surface area contributed by atoms with Gasteiger partial charge >= 0.3 is 5.97 Å². The normalized spacial score (nSPS) is 32.6. The molecule has 0 aromatic heterocycles. The van der Waals surface area contributed by atoms with Crippen molar-refractivity contribution in [3.8, 4) is 0 Å². The summed E-state index contributed by atoms with van der Waals surface area (Å²) in [5.41, 5.74) is -1.72. The first kappa shape index (κ1) is 12.0. The highest BCUT2D eigenvalue weighted by Gasteiger charge is 2.51. The van der Waals surface area contributed by atoms with Gasteiger partial charge in [-0.25, -0.2) is 4.39 Å². The highest BCUT2D eigenvalue weighted by Crippen LogP contribution is 2.46. The minimum absolute atomic E-state index is 0.124. The second-order valence-corrected chi connectivity index (χ2v) is 5.07. The van der Waals surface area contributed by atoms with Gasteiger partial charge in [0.1, 0.15) is 5.82 Å². The Bertz CT molecular complexity index is 456. The topological polar surface area (TPSA) is 57.5 Å². The third-order valence-corrected chi connectivity index (χ3v) is 3.56. The maximum absolute atomic E-state index is 13.2. The van der Waals surface area contributed by atoms with Crippen molar-refractivity contribution < 1.29 is 19.4 Å². The van der Waals surface area contributed by atoms with Gasteiger partial charge in [0, 0.05) is 0 Å². The molecule has 1 saturated carbocycles. The molecule has 0 bridgehead atoms. The number of carbonyl (C=O) groups is 1. The van der Waals surface area contributed by atoms with Gasteiger partial charge in [0.05, 0.1) is 11.0 Å². The van der Waals surface area contributed by atoms with Gasteiger partial charge in [-0.05, 0) is 43.9 Å². The fourth-order valence-electron chi connectivity index (χ4n) is 2.65. The average molecular weight is 238 g/mol. The van der Waals surface area contributed by atoms with E-state index in [1.54, 1.807) is 13.0 Å². The molecule has 3 nitrogen and oxygen atoms in total. The summed E-state index contributed by atoms with van der Waals surface area (Å²) in [4.78, 5) is 11.5. The van der Waals surface area contributed by atoms with E-state index in [0.717, 1.165) is 0 Å². The number of aliphatic hydroxyl groups is 1. The third-order valence-electron chi connectivity index (χ3n) is 3.56. The second kappa shape index (κ2) is 3.81. The monoisotopic (exact) mass is 238 g/mol. The van der Waals surface area contributed by atoms with Crippen molar-refractivity contribution in [1.29, 1.82) is 0 Å². The van der Waals surface area contributed by atoms with Crippen molar-refractivity contribution in [1.82, 2.24) is 0 Å². The zero-order valence-electron chi connectivity index (χ0n) is 9.61. The summed E-state index contributed by atoms with van der Waals surface area (Å²) in [5.74, 6) is -1.45. The lowest BCUT2D eigenvalue weighted by Gasteiger charge is -2.26. The van der Waals surface area contributed by atoms with Crippen LogP contribution < -0.4 is 0 Å². The van der Waals surface area contributed by atoms with Crippen LogP contribution in [0.3, 0.4) is 0 Å². The van der Waals surface area contributed by atoms with Crippen molar-refractivity contribution in [3.63, 3.8) is 0 Å². The van der Waals surface area contributed by atoms with Crippen LogP contribution in [0.15, 0.2) is 24.3 Å². The maximum atomic E-state index is 13.2. The highest BCUT2D eigenvalue weighted by molar-refractivity contribution is 5.82. The molecule has 1 fully saturated rings. The first-order chi connectivity index (χ1) is 7.86. The van der Waals surface area contributed by atoms with Crippen LogP contribution in [0.1, 0.15) is 31.7 Å². The Hall–Kier alpha value is -1.42. The molecule has 0 heterocycles. The number of benzene rings is 1. The van der Waals surface area contributed by atoms with Crippen LogP contribution in [-0.4, -0.2) is 21.8 Å². The Balaban J connectivity index is 2.47. The van der Waals surface area contributed by atoms with Crippen molar-refractivity contribution in [2.75, 3.05) is 0 Å². The van der Waals surface area contributed by atoms with Crippen LogP contribution >= 0.6 is 0 Å². The molecular formula is C13H15FO3. The molecule has 0 amide bonds. The summed E-state index contributed by atoms with van der Waals surface area (Å²) in [6, 6.07) is 5.64. The van der Waals surface area contributed by atoms with Crippen molar-refractivity contribution in [2.45, 2.75) is 37.2 Å². The van der Waals surface area contributed by atoms with Gasteiger partial charge in [-0.3, -0.25) is 4.79 Å². The largest absolute Gasteiger partial charge is 0.481 e. The molecule has 0 radical (unpaired) electrons. The number of carboxylic acid groups (broad SMARTS) is 1. The number of hydrogen-bond donors (Lipinski definition) is 2. The molecule has 2 rings (SSSR count). The quantitative estimate of drug-likeness (QED) is 0.829. The molecular weight excluding hydrogens is 223 g/mol. The van der Waals surface area contributed by atoms with E-state index in [2.05, 4.69) is 0 Å². The van der Waals surface area contributed by atoms with Crippen LogP contribution in [0.4, 0.5) is 4.39 Å². The predicted octanol–water partition coefficient (Wildman–Crippen LogP) is 2.08. The Morgan fingerprint density at radius 1 is 1.41 bits per heavy atom. The van der Waals surface area contributed by atoms with E-state index in [9.17, 15) is 19.4 Å². The molecule has 1 aromatic rings. The number of carboxylic acids is 1. The summed E-state index contributed by atoms with van der Waals surface area (Å²) in [6.07, 6.45) is 0.868. The molecule has 92 valence electrons. The Morgan fingerprint density at radius 2 is 2.12 bits per heavy atom. The van der Waals surface area contributed by atoms with Crippen LogP contribution in [0.2, 0.25) is 0 Å². The van der Waals surface area contributed by atoms with E-state index in [4.69, 9.17) is 0 Å². The molecule has 1 aliphatic rings. The van der Waals surface area contributed by atoms with Crippen molar-refractivity contribution in [2.24, 2.45) is 0 Å². The summed E-state index contributed by atoms with van der Waals surface area (Å²) in [5, 5.41) is 19.4. The molecule has 1 aromatic carbocycles. The Morgan fingerprint density at radius 3 is 2.59 bits per heavy atom. The molecule has 2 N–H and O–H groups in total. The molecule has 0 aliphatic heterocycles. The summed E-state index contributed by atoms with van der Waals surface area (Å²) in [6.45, 7) is 1.62. The van der Waals surface area contributed by atoms with Gasteiger partial charge < -0.3 is 10.2 Å². The van der Waals surface area contributed by atoms with Gasteiger partial charge in [-0.2, -0.15) is 0 Å². The molecule has 4 heteroatoms. The minimum Gasteiger partial charge on any atom is -0.481 e. The molecule has 1 aliphatic carbocycles. The fraction of sp³-hybridized carbons (Fsp3) is 0.462. The van der Waals surface area contributed by atoms with Crippen LogP contribution in [0, 0.1) is 5.82 Å². The first-order valence-corrected chi connectivity index (χ1v) is 5.58. The van der Waals surface area contributed by atoms with Crippen LogP contribution in [0.25, 0.3) is 0 Å². The Kier molecular flexibility index (Phi) is 2.70. The van der Waals surface area contributed by atoms with E-state index in [1.807, 2.05) is 0 Å². The van der Waals surface area contributed by atoms with Gasteiger partial charge in [0.2, 0.25) is 0 Å². The van der Waals surface area contributed by atoms with Gasteiger partial charge in [0.15, 0.2) is 0 Å². The summed E-state index contributed by atoms with van der Waals surface area (Å²) in [7, 11) is 0. The third kappa shape index (κ3) is 2.05. The predicted molar refractivity (Wildman–Crippen MR) is 60.2 cm³/mol. The first-order valence-electron chi connectivity index (χ1n) is 5.58. The SMILES string of the molecule is CC1(O)CCC(C(=O)O)(c2cccc(F)c2)C1. The summed E-state index contributed by atoms with van der Waals surface area (Å²) >= 11 is 0. The van der Waals surface area contributed by atoms with Gasteiger partial charge in [0.25, 0.3) is 0 Å². The van der Waals surface area contributed by atoms with Crippen LogP contribution in [0.5, 0.6) is 0 Å². The molecule has 17 heavy (non-hydrogen) atoms. The lowest BCUT2D eigenvalue weighted by Crippen LogP contribution is -2.35. The fourth-order valence-corrected chi connectivity index (χ4v) is 2.65. The standard InChI is InChI=1S/C13H15FO3/c1-12(17)5-6-13(8-12,11(15)16)9-3-2-4-10(14)7-9/h2-4,7,17H,5-6,8H2,1H3,(H,15,16). The zero-order chi connectivity index (χ0) is 12.7. The maximum Gasteiger partial charge on any atom is 0.314 e. The molecule has 2 atom stereocenters. The number of aliphatic carboxylic acids is 1. The van der Waals surface area contributed by atoms with E-state index in [1.165, 1.54) is 18.2 Å². The molecule has 0 spiro atoms. The summed E-state index contributed by atoms with van der Waals surface area (Å²) < 4.78 is 13.2. The van der Waals surface area contributed by atoms with Crippen LogP contribution in [-0.2, 0) is 10.2 Å². The molecule has 0 saturated heterocycles. The number of rotatable bonds is 2. The number of halogens is 1. The van der Waals surface area contributed by atoms with Crippen molar-refractivity contribution in [3.05, 3.63) is 35.6 Å². The highest BCUT2D eigenvalue weighted by atomic mass is 19.1. The van der Waals surface area contributed by atoms with E-state index < -0.39 is 22.8 Å². The second-order valence-electron chi connectivity index (χ2n) is 5.07. The Labute approximate surface area is 98.9 Å². The smallest absolute Gasteiger partial charge is 0.314 e. The zero-order valence-corrected chi connectivity index (χ0v) is 9.61. The van der Waals surface area contributed by atoms with E-state index in [0.29, 0.717) is 18.4 Å². The number of hydrogen-bond acceptors (Lipinski definition) is 2. The van der Waals surface area contributed by atoms with Crippen molar-refractivity contribution >= 4 is 5.97 Å². The lowest BCUT2D eigenvalue weighted by atomic mass is 9.78. The van der Waals surface area contributed by atoms with E-state index >= 15 is 0 Å². The minimum atomic E-state index is -1.16. The van der Waals surface area contributed by atoms with E-state index in [-0.39, 0.29) is 6.42 Å². The van der Waals surface area contributed by atoms with Gasteiger partial charge in [-0.15, -0.1) is 0 Å². The molecule has 2 unspecified atom stereocenters.